The van der Waals surface area contributed by atoms with E-state index in [-0.39, 0.29) is 17.6 Å². The molecule has 3 heterocycles. The molecule has 2 aromatic heterocycles. The van der Waals surface area contributed by atoms with Crippen LogP contribution in [0.2, 0.25) is 0 Å². The third kappa shape index (κ3) is 2.51. The van der Waals surface area contributed by atoms with Gasteiger partial charge in [-0.25, -0.2) is 4.79 Å². The van der Waals surface area contributed by atoms with Crippen molar-refractivity contribution in [2.75, 3.05) is 13.1 Å². The number of para-hydroxylation sites is 2. The number of fused-ring (bicyclic) bond motifs is 2. The Labute approximate surface area is 155 Å². The van der Waals surface area contributed by atoms with Crippen molar-refractivity contribution in [2.45, 2.75) is 38.1 Å². The van der Waals surface area contributed by atoms with Crippen molar-refractivity contribution >= 4 is 28.3 Å². The van der Waals surface area contributed by atoms with E-state index in [0.29, 0.717) is 13.1 Å². The summed E-state index contributed by atoms with van der Waals surface area (Å²) in [6.07, 6.45) is 5.10. The second kappa shape index (κ2) is 6.13. The van der Waals surface area contributed by atoms with Crippen molar-refractivity contribution < 1.29 is 4.79 Å². The summed E-state index contributed by atoms with van der Waals surface area (Å²) in [5, 5.41) is 0. The van der Waals surface area contributed by atoms with Crippen LogP contribution >= 0.6 is 11.3 Å². The van der Waals surface area contributed by atoms with Crippen LogP contribution in [-0.2, 0) is 12.8 Å². The lowest BCUT2D eigenvalue weighted by Crippen LogP contribution is -2.40. The van der Waals surface area contributed by atoms with Crippen LogP contribution in [0.25, 0.3) is 11.0 Å². The number of benzene rings is 1. The number of aromatic nitrogens is 2. The first-order valence-corrected chi connectivity index (χ1v) is 10.1. The van der Waals surface area contributed by atoms with Crippen molar-refractivity contribution in [1.29, 1.82) is 0 Å². The molecule has 134 valence electrons. The molecule has 1 fully saturated rings. The van der Waals surface area contributed by atoms with E-state index < -0.39 is 0 Å². The van der Waals surface area contributed by atoms with E-state index in [9.17, 15) is 9.59 Å². The Balaban J connectivity index is 1.33. The number of rotatable bonds is 2. The lowest BCUT2D eigenvalue weighted by molar-refractivity contribution is 0.0700. The van der Waals surface area contributed by atoms with Crippen molar-refractivity contribution in [2.24, 2.45) is 0 Å². The number of likely N-dealkylation sites (tertiary alicyclic amines) is 1. The Kier molecular flexibility index (Phi) is 3.74. The Morgan fingerprint density at radius 2 is 1.96 bits per heavy atom. The minimum absolute atomic E-state index is 0.0503. The summed E-state index contributed by atoms with van der Waals surface area (Å²) < 4.78 is 1.87. The minimum Gasteiger partial charge on any atom is -0.338 e. The summed E-state index contributed by atoms with van der Waals surface area (Å²) in [6.45, 7) is 1.41. The van der Waals surface area contributed by atoms with Crippen LogP contribution in [0, 0.1) is 0 Å². The molecule has 0 radical (unpaired) electrons. The highest BCUT2D eigenvalue weighted by atomic mass is 32.1. The van der Waals surface area contributed by atoms with E-state index in [0.717, 1.165) is 41.6 Å². The van der Waals surface area contributed by atoms with E-state index in [2.05, 4.69) is 11.1 Å². The second-order valence-corrected chi connectivity index (χ2v) is 8.39. The topological polar surface area (TPSA) is 58.1 Å². The molecule has 3 aromatic rings. The fraction of sp³-hybridized carbons (Fsp3) is 0.400. The number of thiophene rings is 1. The van der Waals surface area contributed by atoms with Gasteiger partial charge in [-0.3, -0.25) is 9.36 Å². The van der Waals surface area contributed by atoms with Crippen LogP contribution in [0.1, 0.15) is 45.4 Å². The first kappa shape index (κ1) is 15.9. The largest absolute Gasteiger partial charge is 0.338 e. The molecule has 1 N–H and O–H groups in total. The quantitative estimate of drug-likeness (QED) is 0.755. The molecule has 1 aromatic carbocycles. The van der Waals surface area contributed by atoms with Crippen LogP contribution in [-0.4, -0.2) is 33.4 Å². The number of nitrogens with zero attached hydrogens (tertiary/aromatic N) is 2. The average Bonchev–Trinajstić information content (AvgIpc) is 3.33. The summed E-state index contributed by atoms with van der Waals surface area (Å²) in [6, 6.07) is 10.1. The lowest BCUT2D eigenvalue weighted by atomic mass is 10.0. The predicted molar refractivity (Wildman–Crippen MR) is 103 cm³/mol. The number of nitrogens with one attached hydrogen (secondary N) is 1. The molecule has 0 saturated carbocycles. The summed E-state index contributed by atoms with van der Waals surface area (Å²) in [4.78, 5) is 32.4. The zero-order valence-electron chi connectivity index (χ0n) is 14.5. The van der Waals surface area contributed by atoms with Gasteiger partial charge in [0.25, 0.3) is 5.91 Å². The highest BCUT2D eigenvalue weighted by Gasteiger charge is 2.28. The number of hydrogen-bond acceptors (Lipinski definition) is 3. The van der Waals surface area contributed by atoms with E-state index in [1.807, 2.05) is 33.7 Å². The monoisotopic (exact) mass is 367 g/mol. The Bertz CT molecular complexity index is 1020. The van der Waals surface area contributed by atoms with Crippen molar-refractivity contribution in [3.8, 4) is 0 Å². The van der Waals surface area contributed by atoms with Crippen LogP contribution in [0.3, 0.4) is 0 Å². The standard InChI is InChI=1S/C20H21N3O2S/c24-19(18-12-13-4-3-7-17(13)26-18)22-10-8-14(9-11-22)23-16-6-2-1-5-15(16)21-20(23)25/h1-2,5-6,12,14H,3-4,7-11H2,(H,21,25). The van der Waals surface area contributed by atoms with Crippen LogP contribution in [0.5, 0.6) is 0 Å². The molecule has 1 aliphatic heterocycles. The van der Waals surface area contributed by atoms with Gasteiger partial charge in [0.1, 0.15) is 0 Å². The van der Waals surface area contributed by atoms with Gasteiger partial charge in [0.15, 0.2) is 0 Å². The van der Waals surface area contributed by atoms with Crippen LogP contribution in [0.4, 0.5) is 0 Å². The number of piperidine rings is 1. The Hall–Kier alpha value is -2.34. The summed E-state index contributed by atoms with van der Waals surface area (Å²) in [5.74, 6) is 0.161. The van der Waals surface area contributed by atoms with Gasteiger partial charge in [-0.2, -0.15) is 0 Å². The Morgan fingerprint density at radius 1 is 1.15 bits per heavy atom. The number of hydrogen-bond donors (Lipinski definition) is 1. The van der Waals surface area contributed by atoms with Gasteiger partial charge in [-0.1, -0.05) is 12.1 Å². The fourth-order valence-corrected chi connectivity index (χ4v) is 5.58. The average molecular weight is 367 g/mol. The maximum absolute atomic E-state index is 12.8. The number of aromatic amines is 1. The summed E-state index contributed by atoms with van der Waals surface area (Å²) in [7, 11) is 0. The van der Waals surface area contributed by atoms with E-state index in [1.165, 1.54) is 16.9 Å². The highest BCUT2D eigenvalue weighted by molar-refractivity contribution is 7.14. The predicted octanol–water partition coefficient (Wildman–Crippen LogP) is 3.36. The van der Waals surface area contributed by atoms with Crippen LogP contribution in [0.15, 0.2) is 35.1 Å². The number of carbonyl (C=O) groups excluding carboxylic acids is 1. The highest BCUT2D eigenvalue weighted by Crippen LogP contribution is 2.32. The first-order chi connectivity index (χ1) is 12.7. The maximum atomic E-state index is 12.8. The van der Waals surface area contributed by atoms with Gasteiger partial charge in [-0.15, -0.1) is 11.3 Å². The molecule has 6 heteroatoms. The zero-order valence-corrected chi connectivity index (χ0v) is 15.3. The van der Waals surface area contributed by atoms with Crippen LogP contribution < -0.4 is 5.69 Å². The molecule has 0 atom stereocenters. The van der Waals surface area contributed by atoms with E-state index >= 15 is 0 Å². The molecule has 0 unspecified atom stereocenters. The molecule has 0 spiro atoms. The lowest BCUT2D eigenvalue weighted by Gasteiger charge is -2.32. The first-order valence-electron chi connectivity index (χ1n) is 9.31. The number of amides is 1. The fourth-order valence-electron chi connectivity index (χ4n) is 4.35. The summed E-state index contributed by atoms with van der Waals surface area (Å²) >= 11 is 1.68. The van der Waals surface area contributed by atoms with Crippen molar-refractivity contribution in [3.63, 3.8) is 0 Å². The van der Waals surface area contributed by atoms with Gasteiger partial charge < -0.3 is 9.88 Å². The zero-order chi connectivity index (χ0) is 17.7. The molecule has 5 rings (SSSR count). The molecule has 26 heavy (non-hydrogen) atoms. The third-order valence-corrected chi connectivity index (χ3v) is 6.92. The smallest absolute Gasteiger partial charge is 0.326 e. The molecular formula is C20H21N3O2S. The van der Waals surface area contributed by atoms with Crippen molar-refractivity contribution in [3.05, 3.63) is 56.1 Å². The van der Waals surface area contributed by atoms with Gasteiger partial charge in [-0.05, 0) is 55.9 Å². The molecule has 1 saturated heterocycles. The SMILES string of the molecule is O=C(c1cc2c(s1)CCC2)N1CCC(n2c(=O)[nH]c3ccccc32)CC1. The van der Waals surface area contributed by atoms with E-state index in [1.54, 1.807) is 11.3 Å². The molecule has 1 amide bonds. The maximum Gasteiger partial charge on any atom is 0.326 e. The molecule has 2 aliphatic rings. The number of carbonyl (C=O) groups is 1. The molecule has 1 aliphatic carbocycles. The van der Waals surface area contributed by atoms with E-state index in [4.69, 9.17) is 0 Å². The third-order valence-electron chi connectivity index (χ3n) is 5.70. The Morgan fingerprint density at radius 3 is 2.77 bits per heavy atom. The minimum atomic E-state index is -0.0503. The number of aryl methyl sites for hydroxylation is 2. The molecule has 5 nitrogen and oxygen atoms in total. The number of H-pyrrole nitrogens is 1. The van der Waals surface area contributed by atoms with Crippen molar-refractivity contribution in [1.82, 2.24) is 14.5 Å². The molecule has 0 bridgehead atoms. The van der Waals surface area contributed by atoms with Gasteiger partial charge >= 0.3 is 5.69 Å². The normalized spacial score (nSPS) is 17.8. The summed E-state index contributed by atoms with van der Waals surface area (Å²) in [5.41, 5.74) is 3.16. The second-order valence-electron chi connectivity index (χ2n) is 7.25. The number of imidazole rings is 1. The van der Waals surface area contributed by atoms with Gasteiger partial charge in [0.05, 0.1) is 15.9 Å². The molecular weight excluding hydrogens is 346 g/mol. The van der Waals surface area contributed by atoms with Gasteiger partial charge in [0, 0.05) is 24.0 Å². The van der Waals surface area contributed by atoms with Gasteiger partial charge in [0.2, 0.25) is 0 Å².